The van der Waals surface area contributed by atoms with E-state index < -0.39 is 6.29 Å². The molecule has 0 fully saturated rings. The largest absolute Gasteiger partial charge is 0.349 e. The molecular weight excluding hydrogens is 228 g/mol. The summed E-state index contributed by atoms with van der Waals surface area (Å²) in [5.74, 6) is -0.00616. The van der Waals surface area contributed by atoms with Gasteiger partial charge in [-0.3, -0.25) is 4.79 Å². The molecule has 3 nitrogen and oxygen atoms in total. The van der Waals surface area contributed by atoms with Gasteiger partial charge in [-0.25, -0.2) is 0 Å². The Kier molecular flexibility index (Phi) is 9.52. The van der Waals surface area contributed by atoms with Crippen molar-refractivity contribution in [2.45, 2.75) is 52.7 Å². The van der Waals surface area contributed by atoms with Crippen molar-refractivity contribution in [3.63, 3.8) is 0 Å². The Morgan fingerprint density at radius 3 is 2.06 bits per heavy atom. The third kappa shape index (κ3) is 8.20. The molecule has 18 heavy (non-hydrogen) atoms. The first kappa shape index (κ1) is 17.1. The fourth-order valence-electron chi connectivity index (χ4n) is 1.63. The molecule has 0 aromatic heterocycles. The van der Waals surface area contributed by atoms with Crippen LogP contribution in [0.25, 0.3) is 0 Å². The lowest BCUT2D eigenvalue weighted by Crippen LogP contribution is -2.24. The van der Waals surface area contributed by atoms with Crippen molar-refractivity contribution in [3.8, 4) is 0 Å². The average molecular weight is 254 g/mol. The number of hydrogen-bond donors (Lipinski definition) is 0. The summed E-state index contributed by atoms with van der Waals surface area (Å²) in [5, 5.41) is 0. The molecule has 0 heterocycles. The molecular formula is C15H26O3. The van der Waals surface area contributed by atoms with E-state index in [-0.39, 0.29) is 5.78 Å². The molecule has 0 aromatic rings. The fourth-order valence-corrected chi connectivity index (χ4v) is 1.63. The molecule has 104 valence electrons. The van der Waals surface area contributed by atoms with Crippen molar-refractivity contribution in [1.29, 1.82) is 0 Å². The second-order valence-corrected chi connectivity index (χ2v) is 4.68. The van der Waals surface area contributed by atoms with Crippen LogP contribution in [0.3, 0.4) is 0 Å². The first-order chi connectivity index (χ1) is 8.51. The van der Waals surface area contributed by atoms with Crippen LogP contribution in [0.4, 0.5) is 0 Å². The van der Waals surface area contributed by atoms with Crippen LogP contribution in [-0.2, 0) is 14.3 Å². The van der Waals surface area contributed by atoms with Crippen LogP contribution in [0, 0.1) is 0 Å². The molecule has 0 aromatic carbocycles. The van der Waals surface area contributed by atoms with Crippen molar-refractivity contribution in [2.75, 3.05) is 14.2 Å². The minimum Gasteiger partial charge on any atom is -0.349 e. The summed E-state index contributed by atoms with van der Waals surface area (Å²) >= 11 is 0. The Balaban J connectivity index is 3.93. The Morgan fingerprint density at radius 1 is 1.00 bits per heavy atom. The predicted molar refractivity (Wildman–Crippen MR) is 74.5 cm³/mol. The van der Waals surface area contributed by atoms with Gasteiger partial charge < -0.3 is 9.47 Å². The van der Waals surface area contributed by atoms with Crippen LogP contribution in [-0.4, -0.2) is 26.3 Å². The number of ether oxygens (including phenoxy) is 2. The summed E-state index contributed by atoms with van der Waals surface area (Å²) in [6.45, 7) is 6.31. The lowest BCUT2D eigenvalue weighted by Gasteiger charge is -2.10. The summed E-state index contributed by atoms with van der Waals surface area (Å²) < 4.78 is 9.82. The van der Waals surface area contributed by atoms with E-state index in [0.717, 1.165) is 19.3 Å². The number of rotatable bonds is 9. The van der Waals surface area contributed by atoms with Gasteiger partial charge in [-0.15, -0.1) is 0 Å². The number of methoxy groups -OCH3 is 2. The molecule has 0 unspecified atom stereocenters. The maximum absolute atomic E-state index is 11.6. The molecule has 0 aliphatic carbocycles. The van der Waals surface area contributed by atoms with E-state index in [4.69, 9.17) is 9.47 Å². The normalized spacial score (nSPS) is 11.8. The number of allylic oxidation sites excluding steroid dienone is 4. The maximum Gasteiger partial charge on any atom is 0.217 e. The molecule has 0 radical (unpaired) electrons. The third-order valence-electron chi connectivity index (χ3n) is 2.67. The maximum atomic E-state index is 11.6. The molecule has 0 bridgehead atoms. The lowest BCUT2D eigenvalue weighted by molar-refractivity contribution is -0.156. The minimum atomic E-state index is -0.718. The molecule has 3 heteroatoms. The van der Waals surface area contributed by atoms with Gasteiger partial charge in [0, 0.05) is 20.6 Å². The van der Waals surface area contributed by atoms with E-state index in [1.165, 1.54) is 25.4 Å². The number of carbonyl (C=O) groups is 1. The highest BCUT2D eigenvalue weighted by atomic mass is 16.7. The number of hydrogen-bond acceptors (Lipinski definition) is 3. The summed E-state index contributed by atoms with van der Waals surface area (Å²) in [6.07, 6.45) is 6.97. The quantitative estimate of drug-likeness (QED) is 0.465. The molecule has 0 saturated heterocycles. The Bertz CT molecular complexity index is 295. The van der Waals surface area contributed by atoms with Crippen LogP contribution >= 0.6 is 0 Å². The van der Waals surface area contributed by atoms with Crippen LogP contribution < -0.4 is 0 Å². The van der Waals surface area contributed by atoms with Crippen LogP contribution in [0.2, 0.25) is 0 Å². The van der Waals surface area contributed by atoms with E-state index in [0.29, 0.717) is 6.42 Å². The third-order valence-corrected chi connectivity index (χ3v) is 2.67. The molecule has 0 saturated carbocycles. The van der Waals surface area contributed by atoms with Gasteiger partial charge in [0.05, 0.1) is 0 Å². The van der Waals surface area contributed by atoms with Gasteiger partial charge in [-0.1, -0.05) is 23.3 Å². The van der Waals surface area contributed by atoms with Crippen molar-refractivity contribution >= 4 is 5.78 Å². The van der Waals surface area contributed by atoms with Crippen molar-refractivity contribution in [3.05, 3.63) is 23.3 Å². The molecule has 0 atom stereocenters. The van der Waals surface area contributed by atoms with E-state index in [9.17, 15) is 4.79 Å². The van der Waals surface area contributed by atoms with E-state index >= 15 is 0 Å². The van der Waals surface area contributed by atoms with Gasteiger partial charge in [0.15, 0.2) is 5.78 Å². The summed E-state index contributed by atoms with van der Waals surface area (Å²) in [5.41, 5.74) is 2.67. The fraction of sp³-hybridized carbons (Fsp3) is 0.667. The highest BCUT2D eigenvalue weighted by molar-refractivity contribution is 5.81. The highest BCUT2D eigenvalue weighted by Crippen LogP contribution is 2.09. The van der Waals surface area contributed by atoms with Crippen molar-refractivity contribution in [2.24, 2.45) is 0 Å². The predicted octanol–water partition coefficient (Wildman–Crippen LogP) is 3.65. The van der Waals surface area contributed by atoms with Gasteiger partial charge >= 0.3 is 0 Å². The number of Topliss-reactive ketones (excluding diaryl/α,β-unsaturated/α-hetero) is 1. The van der Waals surface area contributed by atoms with Gasteiger partial charge in [0.1, 0.15) is 0 Å². The number of ketones is 1. The van der Waals surface area contributed by atoms with Crippen LogP contribution in [0.1, 0.15) is 46.5 Å². The zero-order valence-electron chi connectivity index (χ0n) is 12.3. The zero-order valence-corrected chi connectivity index (χ0v) is 12.3. The van der Waals surface area contributed by atoms with Gasteiger partial charge in [-0.2, -0.15) is 0 Å². The summed E-state index contributed by atoms with van der Waals surface area (Å²) in [7, 11) is 2.96. The van der Waals surface area contributed by atoms with Crippen molar-refractivity contribution in [1.82, 2.24) is 0 Å². The molecule has 0 aliphatic rings. The van der Waals surface area contributed by atoms with E-state index in [1.807, 2.05) is 0 Å². The SMILES string of the molecule is COC(OC)C(=O)CC/C=C(\C)CCC=C(C)C. The van der Waals surface area contributed by atoms with E-state index in [2.05, 4.69) is 32.9 Å². The zero-order chi connectivity index (χ0) is 14.0. The summed E-state index contributed by atoms with van der Waals surface area (Å²) in [4.78, 5) is 11.6. The minimum absolute atomic E-state index is 0.00616. The second-order valence-electron chi connectivity index (χ2n) is 4.68. The first-order valence-electron chi connectivity index (χ1n) is 6.38. The molecule has 0 N–H and O–H groups in total. The van der Waals surface area contributed by atoms with E-state index in [1.54, 1.807) is 0 Å². The highest BCUT2D eigenvalue weighted by Gasteiger charge is 2.14. The standard InChI is InChI=1S/C15H26O3/c1-12(2)8-6-9-13(3)10-7-11-14(16)15(17-4)18-5/h8,10,15H,6-7,9,11H2,1-5H3/b13-10+. The Morgan fingerprint density at radius 2 is 1.56 bits per heavy atom. The van der Waals surface area contributed by atoms with Gasteiger partial charge in [0.2, 0.25) is 6.29 Å². The second kappa shape index (κ2) is 10.0. The lowest BCUT2D eigenvalue weighted by atomic mass is 10.1. The van der Waals surface area contributed by atoms with Gasteiger partial charge in [0.25, 0.3) is 0 Å². The summed E-state index contributed by atoms with van der Waals surface area (Å²) in [6, 6.07) is 0. The topological polar surface area (TPSA) is 35.5 Å². The van der Waals surface area contributed by atoms with Gasteiger partial charge in [-0.05, 0) is 40.0 Å². The molecule has 0 aliphatic heterocycles. The number of carbonyl (C=O) groups excluding carboxylic acids is 1. The Labute approximate surface area is 111 Å². The molecule has 0 amide bonds. The molecule has 0 spiro atoms. The van der Waals surface area contributed by atoms with Crippen LogP contribution in [0.5, 0.6) is 0 Å². The smallest absolute Gasteiger partial charge is 0.217 e. The Hall–Kier alpha value is -0.930. The van der Waals surface area contributed by atoms with Crippen molar-refractivity contribution < 1.29 is 14.3 Å². The molecule has 0 rings (SSSR count). The van der Waals surface area contributed by atoms with Crippen LogP contribution in [0.15, 0.2) is 23.3 Å². The average Bonchev–Trinajstić information content (AvgIpc) is 2.30. The monoisotopic (exact) mass is 254 g/mol. The first-order valence-corrected chi connectivity index (χ1v) is 6.38.